The average Bonchev–Trinajstić information content (AvgIpc) is 2.26. The van der Waals surface area contributed by atoms with Gasteiger partial charge in [0.15, 0.2) is 0 Å². The maximum atomic E-state index is 11.8. The summed E-state index contributed by atoms with van der Waals surface area (Å²) in [6.07, 6.45) is 0. The summed E-state index contributed by atoms with van der Waals surface area (Å²) >= 11 is 0. The molecule has 0 aromatic heterocycles. The van der Waals surface area contributed by atoms with Crippen LogP contribution in [0.3, 0.4) is 0 Å². The van der Waals surface area contributed by atoms with Crippen LogP contribution < -0.4 is 10.6 Å². The maximum absolute atomic E-state index is 11.8. The smallest absolute Gasteiger partial charge is 0.241 e. The molecule has 16 heavy (non-hydrogen) atoms. The van der Waals surface area contributed by atoms with E-state index in [0.29, 0.717) is 12.6 Å². The van der Waals surface area contributed by atoms with Crippen molar-refractivity contribution in [2.45, 2.75) is 32.9 Å². The summed E-state index contributed by atoms with van der Waals surface area (Å²) in [7, 11) is 0. The first-order valence-corrected chi connectivity index (χ1v) is 5.69. The fourth-order valence-corrected chi connectivity index (χ4v) is 1.97. The van der Waals surface area contributed by atoms with Crippen LogP contribution in [0.1, 0.15) is 29.7 Å². The fourth-order valence-electron chi connectivity index (χ4n) is 1.97. The Morgan fingerprint density at radius 1 is 1.25 bits per heavy atom. The average molecular weight is 218 g/mol. The van der Waals surface area contributed by atoms with Crippen LogP contribution in [0.5, 0.6) is 0 Å². The van der Waals surface area contributed by atoms with Crippen molar-refractivity contribution in [2.75, 3.05) is 6.54 Å². The molecule has 1 aromatic rings. The highest BCUT2D eigenvalue weighted by molar-refractivity contribution is 5.84. The first-order valence-electron chi connectivity index (χ1n) is 5.69. The van der Waals surface area contributed by atoms with Gasteiger partial charge in [0.25, 0.3) is 0 Å². The molecule has 1 aromatic carbocycles. The molecule has 3 nitrogen and oxygen atoms in total. The topological polar surface area (TPSA) is 41.1 Å². The molecule has 2 N–H and O–H groups in total. The summed E-state index contributed by atoms with van der Waals surface area (Å²) in [6.45, 7) is 6.94. The van der Waals surface area contributed by atoms with Gasteiger partial charge in [-0.05, 0) is 37.5 Å². The molecule has 1 aliphatic rings. The zero-order chi connectivity index (χ0) is 11.7. The number of amides is 1. The van der Waals surface area contributed by atoms with E-state index >= 15 is 0 Å². The Hall–Kier alpha value is -1.35. The van der Waals surface area contributed by atoms with Crippen molar-refractivity contribution < 1.29 is 4.79 Å². The van der Waals surface area contributed by atoms with Crippen molar-refractivity contribution in [2.24, 2.45) is 0 Å². The molecule has 2 atom stereocenters. The summed E-state index contributed by atoms with van der Waals surface area (Å²) in [5.41, 5.74) is 3.53. The molecule has 1 heterocycles. The van der Waals surface area contributed by atoms with Gasteiger partial charge < -0.3 is 5.32 Å². The maximum Gasteiger partial charge on any atom is 0.241 e. The predicted molar refractivity (Wildman–Crippen MR) is 64.3 cm³/mol. The van der Waals surface area contributed by atoms with E-state index in [1.807, 2.05) is 6.07 Å². The van der Waals surface area contributed by atoms with Crippen molar-refractivity contribution in [3.63, 3.8) is 0 Å². The summed E-state index contributed by atoms with van der Waals surface area (Å²) in [4.78, 5) is 11.8. The van der Waals surface area contributed by atoms with Gasteiger partial charge in [-0.25, -0.2) is 0 Å². The van der Waals surface area contributed by atoms with Gasteiger partial charge in [-0.3, -0.25) is 10.1 Å². The molecule has 86 valence electrons. The highest BCUT2D eigenvalue weighted by Gasteiger charge is 2.26. The van der Waals surface area contributed by atoms with Crippen molar-refractivity contribution in [3.05, 3.63) is 34.9 Å². The Bertz CT molecular complexity index is 414. The molecular weight excluding hydrogens is 200 g/mol. The van der Waals surface area contributed by atoms with E-state index < -0.39 is 0 Å². The van der Waals surface area contributed by atoms with E-state index in [1.54, 1.807) is 0 Å². The number of benzene rings is 1. The molecule has 0 aliphatic carbocycles. The quantitative estimate of drug-likeness (QED) is 0.749. The van der Waals surface area contributed by atoms with Gasteiger partial charge in [-0.1, -0.05) is 18.2 Å². The number of rotatable bonds is 1. The van der Waals surface area contributed by atoms with Gasteiger partial charge in [-0.15, -0.1) is 0 Å². The summed E-state index contributed by atoms with van der Waals surface area (Å²) in [6, 6.07) is 6.30. The molecule has 0 bridgehead atoms. The van der Waals surface area contributed by atoms with Gasteiger partial charge in [-0.2, -0.15) is 0 Å². The van der Waals surface area contributed by atoms with Crippen LogP contribution >= 0.6 is 0 Å². The van der Waals surface area contributed by atoms with Gasteiger partial charge in [0.05, 0.1) is 0 Å². The van der Waals surface area contributed by atoms with E-state index in [1.165, 1.54) is 11.1 Å². The summed E-state index contributed by atoms with van der Waals surface area (Å²) in [5.74, 6) is 0.0707. The Labute approximate surface area is 96.2 Å². The fraction of sp³-hybridized carbons (Fsp3) is 0.462. The van der Waals surface area contributed by atoms with Gasteiger partial charge >= 0.3 is 0 Å². The minimum atomic E-state index is -0.206. The minimum Gasteiger partial charge on any atom is -0.353 e. The Morgan fingerprint density at radius 2 is 2.00 bits per heavy atom. The monoisotopic (exact) mass is 218 g/mol. The van der Waals surface area contributed by atoms with E-state index in [9.17, 15) is 4.79 Å². The number of hydrogen-bond acceptors (Lipinski definition) is 2. The summed E-state index contributed by atoms with van der Waals surface area (Å²) in [5, 5.41) is 6.23. The lowest BCUT2D eigenvalue weighted by atomic mass is 9.98. The van der Waals surface area contributed by atoms with Crippen molar-refractivity contribution >= 4 is 5.91 Å². The summed E-state index contributed by atoms with van der Waals surface area (Å²) < 4.78 is 0. The zero-order valence-electron chi connectivity index (χ0n) is 10.0. The van der Waals surface area contributed by atoms with Crippen LogP contribution in [-0.4, -0.2) is 18.5 Å². The molecule has 1 saturated heterocycles. The highest BCUT2D eigenvalue weighted by atomic mass is 16.2. The number of piperazine rings is 1. The third-order valence-corrected chi connectivity index (χ3v) is 3.16. The lowest BCUT2D eigenvalue weighted by molar-refractivity contribution is -0.125. The molecule has 3 heteroatoms. The first kappa shape index (κ1) is 11.1. The van der Waals surface area contributed by atoms with Crippen LogP contribution in [0.4, 0.5) is 0 Å². The standard InChI is InChI=1S/C13H18N2O/c1-8-4-5-11(6-9(8)2)12-13(16)14-7-10(3)15-12/h4-6,10,12,15H,7H2,1-3H3,(H,14,16). The van der Waals surface area contributed by atoms with Gasteiger partial charge in [0.1, 0.15) is 6.04 Å². The van der Waals surface area contributed by atoms with E-state index in [4.69, 9.17) is 0 Å². The molecular formula is C13H18N2O. The van der Waals surface area contributed by atoms with Gasteiger partial charge in [0, 0.05) is 12.6 Å². The normalized spacial score (nSPS) is 25.3. The molecule has 1 aliphatic heterocycles. The molecule has 0 saturated carbocycles. The second kappa shape index (κ2) is 4.26. The van der Waals surface area contributed by atoms with Crippen LogP contribution in [0.25, 0.3) is 0 Å². The second-order valence-electron chi connectivity index (χ2n) is 4.59. The molecule has 2 unspecified atom stereocenters. The van der Waals surface area contributed by atoms with Crippen molar-refractivity contribution in [1.29, 1.82) is 0 Å². The van der Waals surface area contributed by atoms with Crippen molar-refractivity contribution in [3.8, 4) is 0 Å². The lowest BCUT2D eigenvalue weighted by Crippen LogP contribution is -2.52. The van der Waals surface area contributed by atoms with Crippen LogP contribution in [0.2, 0.25) is 0 Å². The van der Waals surface area contributed by atoms with Crippen molar-refractivity contribution in [1.82, 2.24) is 10.6 Å². The van der Waals surface area contributed by atoms with Crippen LogP contribution in [-0.2, 0) is 4.79 Å². The third-order valence-electron chi connectivity index (χ3n) is 3.16. The third kappa shape index (κ3) is 2.09. The van der Waals surface area contributed by atoms with E-state index in [2.05, 4.69) is 43.5 Å². The van der Waals surface area contributed by atoms with Gasteiger partial charge in [0.2, 0.25) is 5.91 Å². The Balaban J connectivity index is 2.28. The number of nitrogens with one attached hydrogen (secondary N) is 2. The number of aryl methyl sites for hydroxylation is 2. The molecule has 1 amide bonds. The Morgan fingerprint density at radius 3 is 2.69 bits per heavy atom. The Kier molecular flexibility index (Phi) is 2.97. The molecule has 1 fully saturated rings. The number of hydrogen-bond donors (Lipinski definition) is 2. The second-order valence-corrected chi connectivity index (χ2v) is 4.59. The minimum absolute atomic E-state index is 0.0707. The number of carbonyl (C=O) groups excluding carboxylic acids is 1. The number of carbonyl (C=O) groups is 1. The predicted octanol–water partition coefficient (Wildman–Crippen LogP) is 1.45. The van der Waals surface area contributed by atoms with Crippen LogP contribution in [0.15, 0.2) is 18.2 Å². The highest BCUT2D eigenvalue weighted by Crippen LogP contribution is 2.19. The molecule has 2 rings (SSSR count). The van der Waals surface area contributed by atoms with E-state index in [0.717, 1.165) is 5.56 Å². The zero-order valence-corrected chi connectivity index (χ0v) is 10.0. The van der Waals surface area contributed by atoms with E-state index in [-0.39, 0.29) is 11.9 Å². The largest absolute Gasteiger partial charge is 0.353 e. The van der Waals surface area contributed by atoms with Crippen LogP contribution in [0, 0.1) is 13.8 Å². The first-order chi connectivity index (χ1) is 7.58. The SMILES string of the molecule is Cc1ccc(C2NC(C)CNC2=O)cc1C. The molecule has 0 radical (unpaired) electrons. The lowest BCUT2D eigenvalue weighted by Gasteiger charge is -2.29. The molecule has 0 spiro atoms.